The molecule has 2 amide bonds. The summed E-state index contributed by atoms with van der Waals surface area (Å²) in [5.41, 5.74) is 15.9. The second kappa shape index (κ2) is 5.87. The molecule has 0 aliphatic heterocycles. The molecular weight excluding hydrogens is 258 g/mol. The van der Waals surface area contributed by atoms with Crippen LogP contribution in [0.3, 0.4) is 0 Å². The number of nitrogens with one attached hydrogen (secondary N) is 1. The molecule has 0 atom stereocenters. The highest BCUT2D eigenvalue weighted by atomic mass is 35.5. The molecule has 7 nitrogen and oxygen atoms in total. The minimum absolute atomic E-state index is 0.174. The van der Waals surface area contributed by atoms with E-state index < -0.39 is 11.8 Å². The van der Waals surface area contributed by atoms with Crippen molar-refractivity contribution in [3.8, 4) is 0 Å². The van der Waals surface area contributed by atoms with Crippen LogP contribution in [0.2, 0.25) is 5.02 Å². The molecule has 0 aliphatic carbocycles. The number of nitrogens with two attached hydrogens (primary N) is 3. The molecule has 0 saturated carbocycles. The maximum absolute atomic E-state index is 11.6. The monoisotopic (exact) mass is 269 g/mol. The van der Waals surface area contributed by atoms with E-state index in [1.54, 1.807) is 0 Å². The summed E-state index contributed by atoms with van der Waals surface area (Å²) in [4.78, 5) is 25.9. The molecule has 0 heterocycles. The maximum Gasteiger partial charge on any atom is 0.251 e. The fourth-order valence-corrected chi connectivity index (χ4v) is 1.31. The molecule has 0 fully saturated rings. The van der Waals surface area contributed by atoms with E-state index in [-0.39, 0.29) is 23.8 Å². The van der Waals surface area contributed by atoms with Gasteiger partial charge in [0.25, 0.3) is 5.91 Å². The van der Waals surface area contributed by atoms with E-state index in [0.29, 0.717) is 5.02 Å². The summed E-state index contributed by atoms with van der Waals surface area (Å²) in [5.74, 6) is -1.29. The Bertz CT molecular complexity index is 511. The molecule has 0 aromatic heterocycles. The Balaban J connectivity index is 2.94. The number of halogens is 1. The molecule has 0 radical (unpaired) electrons. The molecule has 1 aromatic carbocycles. The van der Waals surface area contributed by atoms with Crippen molar-refractivity contribution in [1.82, 2.24) is 5.32 Å². The average Bonchev–Trinajstić information content (AvgIpc) is 2.28. The van der Waals surface area contributed by atoms with Gasteiger partial charge in [-0.15, -0.1) is 0 Å². The van der Waals surface area contributed by atoms with Gasteiger partial charge in [0.15, 0.2) is 5.96 Å². The van der Waals surface area contributed by atoms with Gasteiger partial charge in [-0.3, -0.25) is 9.59 Å². The lowest BCUT2D eigenvalue weighted by Gasteiger charge is -2.05. The molecule has 7 N–H and O–H groups in total. The Kier molecular flexibility index (Phi) is 4.50. The third-order valence-electron chi connectivity index (χ3n) is 1.88. The lowest BCUT2D eigenvalue weighted by Crippen LogP contribution is -2.33. The van der Waals surface area contributed by atoms with Crippen LogP contribution < -0.4 is 22.5 Å². The van der Waals surface area contributed by atoms with Gasteiger partial charge in [0.2, 0.25) is 5.91 Å². The van der Waals surface area contributed by atoms with Gasteiger partial charge >= 0.3 is 0 Å². The van der Waals surface area contributed by atoms with E-state index in [4.69, 9.17) is 28.8 Å². The summed E-state index contributed by atoms with van der Waals surface area (Å²) in [6.07, 6.45) is 0. The number of hydrogen-bond acceptors (Lipinski definition) is 3. The van der Waals surface area contributed by atoms with Gasteiger partial charge < -0.3 is 22.5 Å². The molecule has 0 spiro atoms. The predicted octanol–water partition coefficient (Wildman–Crippen LogP) is -0.540. The summed E-state index contributed by atoms with van der Waals surface area (Å²) in [6.45, 7) is -0.251. The van der Waals surface area contributed by atoms with Crippen molar-refractivity contribution in [2.45, 2.75) is 0 Å². The Labute approximate surface area is 108 Å². The molecule has 1 rings (SSSR count). The first-order valence-electron chi connectivity index (χ1n) is 4.86. The van der Waals surface area contributed by atoms with E-state index in [1.807, 2.05) is 0 Å². The zero-order valence-electron chi connectivity index (χ0n) is 9.31. The van der Waals surface area contributed by atoms with Gasteiger partial charge in [-0.25, -0.2) is 4.99 Å². The third-order valence-corrected chi connectivity index (χ3v) is 2.20. The van der Waals surface area contributed by atoms with Crippen LogP contribution >= 0.6 is 11.6 Å². The number of carbonyl (C=O) groups excluding carboxylic acids is 2. The van der Waals surface area contributed by atoms with Gasteiger partial charge in [-0.1, -0.05) is 11.6 Å². The minimum Gasteiger partial charge on any atom is -0.370 e. The fraction of sp³-hybridized carbons (Fsp3) is 0.100. The largest absolute Gasteiger partial charge is 0.370 e. The van der Waals surface area contributed by atoms with E-state index in [0.717, 1.165) is 0 Å². The van der Waals surface area contributed by atoms with Crippen LogP contribution in [0.15, 0.2) is 23.2 Å². The highest BCUT2D eigenvalue weighted by Crippen LogP contribution is 2.25. The second-order valence-corrected chi connectivity index (χ2v) is 3.76. The molecule has 0 bridgehead atoms. The minimum atomic E-state index is -0.637. The van der Waals surface area contributed by atoms with E-state index in [9.17, 15) is 9.59 Å². The lowest BCUT2D eigenvalue weighted by atomic mass is 10.2. The number of amides is 2. The standard InChI is InChI=1S/C10H12ClN5O2/c11-6-2-1-5(3-7(6)16-10(13)14)9(18)15-4-8(12)17/h1-3H,4H2,(H2,12,17)(H,15,18)(H4,13,14,16). The fourth-order valence-electron chi connectivity index (χ4n) is 1.15. The van der Waals surface area contributed by atoms with Crippen molar-refractivity contribution >= 4 is 35.1 Å². The van der Waals surface area contributed by atoms with Crippen molar-refractivity contribution < 1.29 is 9.59 Å². The van der Waals surface area contributed by atoms with Crippen molar-refractivity contribution in [2.75, 3.05) is 6.54 Å². The number of carbonyl (C=O) groups is 2. The van der Waals surface area contributed by atoms with Crippen molar-refractivity contribution in [3.05, 3.63) is 28.8 Å². The van der Waals surface area contributed by atoms with Crippen LogP contribution in [0, 0.1) is 0 Å². The maximum atomic E-state index is 11.6. The van der Waals surface area contributed by atoms with Gasteiger partial charge in [0.1, 0.15) is 0 Å². The zero-order chi connectivity index (χ0) is 13.7. The molecular formula is C10H12ClN5O2. The van der Waals surface area contributed by atoms with Crippen LogP contribution in [0.4, 0.5) is 5.69 Å². The van der Waals surface area contributed by atoms with Crippen LogP contribution in [-0.2, 0) is 4.79 Å². The number of guanidine groups is 1. The van der Waals surface area contributed by atoms with Gasteiger partial charge in [-0.05, 0) is 18.2 Å². The van der Waals surface area contributed by atoms with Crippen molar-refractivity contribution in [2.24, 2.45) is 22.2 Å². The molecule has 0 aliphatic rings. The summed E-state index contributed by atoms with van der Waals surface area (Å²) in [6, 6.07) is 4.35. The SMILES string of the molecule is NC(=O)CNC(=O)c1ccc(Cl)c(N=C(N)N)c1. The number of benzene rings is 1. The van der Waals surface area contributed by atoms with Gasteiger partial charge in [0, 0.05) is 5.56 Å². The predicted molar refractivity (Wildman–Crippen MR) is 68.4 cm³/mol. The quantitative estimate of drug-likeness (QED) is 0.431. The number of hydrogen-bond donors (Lipinski definition) is 4. The van der Waals surface area contributed by atoms with Crippen LogP contribution in [0.1, 0.15) is 10.4 Å². The number of primary amides is 1. The molecule has 0 unspecified atom stereocenters. The Morgan fingerprint density at radius 1 is 1.28 bits per heavy atom. The van der Waals surface area contributed by atoms with Crippen molar-refractivity contribution in [3.63, 3.8) is 0 Å². The topological polar surface area (TPSA) is 137 Å². The summed E-state index contributed by atoms with van der Waals surface area (Å²) in [7, 11) is 0. The van der Waals surface area contributed by atoms with Gasteiger partial charge in [0.05, 0.1) is 17.3 Å². The van der Waals surface area contributed by atoms with E-state index in [2.05, 4.69) is 10.3 Å². The van der Waals surface area contributed by atoms with E-state index >= 15 is 0 Å². The van der Waals surface area contributed by atoms with Gasteiger partial charge in [-0.2, -0.15) is 0 Å². The first-order valence-corrected chi connectivity index (χ1v) is 5.23. The highest BCUT2D eigenvalue weighted by Gasteiger charge is 2.09. The molecule has 18 heavy (non-hydrogen) atoms. The summed E-state index contributed by atoms with van der Waals surface area (Å²) < 4.78 is 0. The second-order valence-electron chi connectivity index (χ2n) is 3.35. The third kappa shape index (κ3) is 3.95. The molecule has 96 valence electrons. The smallest absolute Gasteiger partial charge is 0.251 e. The first-order chi connectivity index (χ1) is 8.40. The highest BCUT2D eigenvalue weighted by molar-refractivity contribution is 6.33. The Morgan fingerprint density at radius 2 is 1.94 bits per heavy atom. The lowest BCUT2D eigenvalue weighted by molar-refractivity contribution is -0.117. The van der Waals surface area contributed by atoms with Crippen LogP contribution in [0.25, 0.3) is 0 Å². The average molecular weight is 270 g/mol. The summed E-state index contributed by atoms with van der Waals surface area (Å²) in [5, 5.41) is 2.63. The molecule has 0 saturated heterocycles. The zero-order valence-corrected chi connectivity index (χ0v) is 10.1. The number of nitrogens with zero attached hydrogens (tertiary/aromatic N) is 1. The Morgan fingerprint density at radius 3 is 2.50 bits per heavy atom. The Hall–Kier alpha value is -2.28. The molecule has 1 aromatic rings. The normalized spacial score (nSPS) is 9.61. The van der Waals surface area contributed by atoms with Crippen LogP contribution in [0.5, 0.6) is 0 Å². The summed E-state index contributed by atoms with van der Waals surface area (Å²) >= 11 is 5.85. The van der Waals surface area contributed by atoms with Crippen molar-refractivity contribution in [1.29, 1.82) is 0 Å². The molecule has 8 heteroatoms. The number of rotatable bonds is 4. The van der Waals surface area contributed by atoms with Crippen LogP contribution in [-0.4, -0.2) is 24.3 Å². The number of aliphatic imine (C=N–C) groups is 1. The van der Waals surface area contributed by atoms with E-state index in [1.165, 1.54) is 18.2 Å². The first kappa shape index (κ1) is 13.8.